The number of nitrogens with zero attached hydrogens (tertiary/aromatic N) is 2. The van der Waals surface area contributed by atoms with Crippen molar-refractivity contribution in [1.82, 2.24) is 9.97 Å². The summed E-state index contributed by atoms with van der Waals surface area (Å²) >= 11 is 11.2. The molecule has 2 rings (SSSR count). The Morgan fingerprint density at radius 3 is 2.47 bits per heavy atom. The molecule has 0 aliphatic carbocycles. The SMILES string of the molecule is O=S(=O)(Nc1cnc(Cl)cn1)c1ccc(F)cc1Cl. The molecule has 100 valence electrons. The fraction of sp³-hybridized carbons (Fsp3) is 0. The minimum atomic E-state index is -3.97. The van der Waals surface area contributed by atoms with Crippen LogP contribution in [0.2, 0.25) is 10.2 Å². The molecule has 0 fully saturated rings. The van der Waals surface area contributed by atoms with Gasteiger partial charge in [-0.1, -0.05) is 23.2 Å². The second kappa shape index (κ2) is 5.28. The van der Waals surface area contributed by atoms with Gasteiger partial charge in [0.15, 0.2) is 5.82 Å². The summed E-state index contributed by atoms with van der Waals surface area (Å²) in [6.07, 6.45) is 2.34. The van der Waals surface area contributed by atoms with Gasteiger partial charge in [0.2, 0.25) is 0 Å². The van der Waals surface area contributed by atoms with E-state index in [-0.39, 0.29) is 20.9 Å². The monoisotopic (exact) mass is 321 g/mol. The molecular weight excluding hydrogens is 316 g/mol. The van der Waals surface area contributed by atoms with Crippen LogP contribution in [0.25, 0.3) is 0 Å². The molecule has 1 aromatic carbocycles. The smallest absolute Gasteiger partial charge is 0.262 e. The summed E-state index contributed by atoms with van der Waals surface area (Å²) in [6, 6.07) is 2.96. The number of benzene rings is 1. The number of aromatic nitrogens is 2. The van der Waals surface area contributed by atoms with Crippen LogP contribution in [-0.2, 0) is 10.0 Å². The fourth-order valence-electron chi connectivity index (χ4n) is 1.25. The first-order chi connectivity index (χ1) is 8.88. The average molecular weight is 322 g/mol. The largest absolute Gasteiger partial charge is 0.264 e. The molecule has 0 aliphatic heterocycles. The first-order valence-electron chi connectivity index (χ1n) is 4.84. The number of halogens is 3. The van der Waals surface area contributed by atoms with E-state index in [2.05, 4.69) is 14.7 Å². The van der Waals surface area contributed by atoms with Crippen LogP contribution >= 0.6 is 23.2 Å². The molecule has 5 nitrogen and oxygen atoms in total. The quantitative estimate of drug-likeness (QED) is 0.943. The lowest BCUT2D eigenvalue weighted by atomic mass is 10.3. The van der Waals surface area contributed by atoms with Crippen molar-refractivity contribution in [2.45, 2.75) is 4.90 Å². The summed E-state index contributed by atoms with van der Waals surface area (Å²) in [4.78, 5) is 7.15. The number of hydrogen-bond donors (Lipinski definition) is 1. The second-order valence-electron chi connectivity index (χ2n) is 3.40. The third-order valence-electron chi connectivity index (χ3n) is 2.04. The molecule has 0 amide bonds. The van der Waals surface area contributed by atoms with Crippen molar-refractivity contribution >= 4 is 39.0 Å². The lowest BCUT2D eigenvalue weighted by molar-refractivity contribution is 0.599. The Balaban J connectivity index is 2.35. The maximum atomic E-state index is 12.9. The molecule has 9 heteroatoms. The van der Waals surface area contributed by atoms with Gasteiger partial charge in [-0.25, -0.2) is 22.8 Å². The van der Waals surface area contributed by atoms with Crippen molar-refractivity contribution in [1.29, 1.82) is 0 Å². The standard InChI is InChI=1S/C10H6Cl2FN3O2S/c11-7-3-6(13)1-2-8(7)19(17,18)16-10-5-14-9(12)4-15-10/h1-5H,(H,15,16). The number of nitrogens with one attached hydrogen (secondary N) is 1. The van der Waals surface area contributed by atoms with E-state index in [4.69, 9.17) is 23.2 Å². The first kappa shape index (κ1) is 14.0. The highest BCUT2D eigenvalue weighted by atomic mass is 35.5. The molecule has 0 saturated carbocycles. The van der Waals surface area contributed by atoms with Crippen molar-refractivity contribution < 1.29 is 12.8 Å². The zero-order valence-electron chi connectivity index (χ0n) is 9.14. The number of sulfonamides is 1. The van der Waals surface area contributed by atoms with Gasteiger partial charge in [0.25, 0.3) is 10.0 Å². The molecule has 0 saturated heterocycles. The van der Waals surface area contributed by atoms with Crippen molar-refractivity contribution in [3.8, 4) is 0 Å². The summed E-state index contributed by atoms with van der Waals surface area (Å²) in [5.41, 5.74) is 0. The Bertz CT molecular complexity index is 707. The normalized spacial score (nSPS) is 11.3. The first-order valence-corrected chi connectivity index (χ1v) is 7.08. The van der Waals surface area contributed by atoms with Crippen LogP contribution in [0.3, 0.4) is 0 Å². The Morgan fingerprint density at radius 1 is 1.16 bits per heavy atom. The molecular formula is C10H6Cl2FN3O2S. The third-order valence-corrected chi connectivity index (χ3v) is 4.08. The van der Waals surface area contributed by atoms with Crippen molar-refractivity contribution in [3.05, 3.63) is 46.6 Å². The third kappa shape index (κ3) is 3.31. The van der Waals surface area contributed by atoms with E-state index in [0.29, 0.717) is 0 Å². The van der Waals surface area contributed by atoms with E-state index in [1.165, 1.54) is 6.20 Å². The molecule has 0 unspecified atom stereocenters. The van der Waals surface area contributed by atoms with Gasteiger partial charge in [0.05, 0.1) is 17.4 Å². The highest BCUT2D eigenvalue weighted by Gasteiger charge is 2.19. The molecule has 0 radical (unpaired) electrons. The number of rotatable bonds is 3. The van der Waals surface area contributed by atoms with E-state index in [0.717, 1.165) is 24.4 Å². The van der Waals surface area contributed by atoms with Crippen LogP contribution in [0, 0.1) is 5.82 Å². The predicted octanol–water partition coefficient (Wildman–Crippen LogP) is 2.72. The van der Waals surface area contributed by atoms with Gasteiger partial charge in [-0.15, -0.1) is 0 Å². The minimum Gasteiger partial charge on any atom is -0.262 e. The van der Waals surface area contributed by atoms with Crippen LogP contribution < -0.4 is 4.72 Å². The number of anilines is 1. The molecule has 1 aromatic heterocycles. The molecule has 19 heavy (non-hydrogen) atoms. The molecule has 1 heterocycles. The van der Waals surface area contributed by atoms with Crippen molar-refractivity contribution in [2.75, 3.05) is 4.72 Å². The van der Waals surface area contributed by atoms with Gasteiger partial charge in [-0.3, -0.25) is 4.72 Å². The summed E-state index contributed by atoms with van der Waals surface area (Å²) in [5, 5.41) is -0.0998. The summed E-state index contributed by atoms with van der Waals surface area (Å²) < 4.78 is 39.0. The van der Waals surface area contributed by atoms with Gasteiger partial charge in [0.1, 0.15) is 15.9 Å². The van der Waals surface area contributed by atoms with Crippen LogP contribution in [0.4, 0.5) is 10.2 Å². The van der Waals surface area contributed by atoms with Gasteiger partial charge in [0, 0.05) is 0 Å². The molecule has 2 aromatic rings. The number of hydrogen-bond acceptors (Lipinski definition) is 4. The average Bonchev–Trinajstić information content (AvgIpc) is 2.31. The highest BCUT2D eigenvalue weighted by Crippen LogP contribution is 2.23. The van der Waals surface area contributed by atoms with E-state index in [1.807, 2.05) is 0 Å². The molecule has 0 atom stereocenters. The molecule has 0 bridgehead atoms. The van der Waals surface area contributed by atoms with E-state index < -0.39 is 15.8 Å². The molecule has 0 aliphatic rings. The Labute approximate surface area is 118 Å². The highest BCUT2D eigenvalue weighted by molar-refractivity contribution is 7.92. The van der Waals surface area contributed by atoms with Crippen LogP contribution in [0.15, 0.2) is 35.5 Å². The molecule has 1 N–H and O–H groups in total. The van der Waals surface area contributed by atoms with Crippen molar-refractivity contribution in [2.24, 2.45) is 0 Å². The summed E-state index contributed by atoms with van der Waals surface area (Å²) in [5.74, 6) is -0.653. The van der Waals surface area contributed by atoms with Gasteiger partial charge in [-0.05, 0) is 18.2 Å². The Kier molecular flexibility index (Phi) is 3.88. The van der Waals surface area contributed by atoms with Gasteiger partial charge >= 0.3 is 0 Å². The van der Waals surface area contributed by atoms with Gasteiger partial charge < -0.3 is 0 Å². The summed E-state index contributed by atoms with van der Waals surface area (Å²) in [6.45, 7) is 0. The Hall–Kier alpha value is -1.44. The second-order valence-corrected chi connectivity index (χ2v) is 5.85. The maximum absolute atomic E-state index is 12.9. The van der Waals surface area contributed by atoms with Crippen LogP contribution in [0.5, 0.6) is 0 Å². The maximum Gasteiger partial charge on any atom is 0.264 e. The predicted molar refractivity (Wildman–Crippen MR) is 69.3 cm³/mol. The minimum absolute atomic E-state index is 0.0233. The van der Waals surface area contributed by atoms with Gasteiger partial charge in [-0.2, -0.15) is 0 Å². The van der Waals surface area contributed by atoms with Crippen molar-refractivity contribution in [3.63, 3.8) is 0 Å². The van der Waals surface area contributed by atoms with E-state index >= 15 is 0 Å². The lowest BCUT2D eigenvalue weighted by Crippen LogP contribution is -2.14. The summed E-state index contributed by atoms with van der Waals surface area (Å²) in [7, 11) is -3.97. The Morgan fingerprint density at radius 2 is 1.89 bits per heavy atom. The topological polar surface area (TPSA) is 72.0 Å². The zero-order chi connectivity index (χ0) is 14.0. The zero-order valence-corrected chi connectivity index (χ0v) is 11.5. The van der Waals surface area contributed by atoms with E-state index in [1.54, 1.807) is 0 Å². The van der Waals surface area contributed by atoms with Crippen LogP contribution in [-0.4, -0.2) is 18.4 Å². The molecule has 0 spiro atoms. The fourth-order valence-corrected chi connectivity index (χ4v) is 2.87. The lowest BCUT2D eigenvalue weighted by Gasteiger charge is -2.08. The van der Waals surface area contributed by atoms with Crippen LogP contribution in [0.1, 0.15) is 0 Å². The van der Waals surface area contributed by atoms with E-state index in [9.17, 15) is 12.8 Å².